The van der Waals surface area contributed by atoms with Crippen molar-refractivity contribution < 1.29 is 4.79 Å². The summed E-state index contributed by atoms with van der Waals surface area (Å²) in [4.78, 5) is 14.4. The van der Waals surface area contributed by atoms with Crippen molar-refractivity contribution in [2.45, 2.75) is 45.7 Å². The van der Waals surface area contributed by atoms with E-state index in [9.17, 15) is 4.79 Å². The van der Waals surface area contributed by atoms with Crippen LogP contribution in [0.25, 0.3) is 0 Å². The Morgan fingerprint density at radius 2 is 2.05 bits per heavy atom. The molecule has 1 unspecified atom stereocenters. The molecule has 1 aliphatic heterocycles. The van der Waals surface area contributed by atoms with Crippen LogP contribution in [0.4, 0.5) is 0 Å². The molecule has 1 heterocycles. The number of piperidine rings is 1. The van der Waals surface area contributed by atoms with Gasteiger partial charge in [-0.3, -0.25) is 9.69 Å². The first-order chi connectivity index (χ1) is 9.95. The lowest BCUT2D eigenvalue weighted by Gasteiger charge is -2.30. The largest absolute Gasteiger partial charge is 0.348 e. The Kier molecular flexibility index (Phi) is 5.37. The number of nitrogens with zero attached hydrogens (tertiary/aromatic N) is 1. The summed E-state index contributed by atoms with van der Waals surface area (Å²) in [5.41, 5.74) is 9.53. The molecule has 0 radical (unpaired) electrons. The van der Waals surface area contributed by atoms with Crippen LogP contribution in [0.15, 0.2) is 18.2 Å². The third kappa shape index (κ3) is 4.55. The third-order valence-corrected chi connectivity index (χ3v) is 4.28. The summed E-state index contributed by atoms with van der Waals surface area (Å²) in [5.74, 6) is 0.0962. The van der Waals surface area contributed by atoms with Gasteiger partial charge in [0.25, 0.3) is 0 Å². The number of carbonyl (C=O) groups excluding carboxylic acids is 1. The van der Waals surface area contributed by atoms with Crippen molar-refractivity contribution in [3.63, 3.8) is 0 Å². The van der Waals surface area contributed by atoms with Crippen LogP contribution >= 0.6 is 0 Å². The van der Waals surface area contributed by atoms with Gasteiger partial charge in [0.15, 0.2) is 0 Å². The second-order valence-corrected chi connectivity index (χ2v) is 6.26. The monoisotopic (exact) mass is 289 g/mol. The molecule has 1 aromatic carbocycles. The van der Waals surface area contributed by atoms with Gasteiger partial charge in [-0.1, -0.05) is 23.8 Å². The maximum absolute atomic E-state index is 12.2. The number of hydrogen-bond donors (Lipinski definition) is 2. The minimum absolute atomic E-state index is 0.0458. The molecular formula is C17H27N3O. The topological polar surface area (TPSA) is 58.4 Å². The number of nitrogens with one attached hydrogen (secondary N) is 1. The van der Waals surface area contributed by atoms with Gasteiger partial charge in [-0.05, 0) is 44.7 Å². The number of amides is 1. The van der Waals surface area contributed by atoms with Crippen LogP contribution in [0.3, 0.4) is 0 Å². The van der Waals surface area contributed by atoms with Crippen LogP contribution in [0, 0.1) is 13.8 Å². The van der Waals surface area contributed by atoms with Crippen LogP contribution in [-0.2, 0) is 4.79 Å². The molecule has 0 saturated carbocycles. The van der Waals surface area contributed by atoms with Crippen LogP contribution in [0.5, 0.6) is 0 Å². The van der Waals surface area contributed by atoms with E-state index < -0.39 is 0 Å². The fourth-order valence-electron chi connectivity index (χ4n) is 2.91. The van der Waals surface area contributed by atoms with E-state index in [1.165, 1.54) is 16.7 Å². The number of nitrogens with two attached hydrogens (primary N) is 1. The lowest BCUT2D eigenvalue weighted by molar-refractivity contribution is -0.123. The van der Waals surface area contributed by atoms with Crippen molar-refractivity contribution in [3.8, 4) is 0 Å². The fraction of sp³-hybridized carbons (Fsp3) is 0.588. The van der Waals surface area contributed by atoms with E-state index in [1.54, 1.807) is 0 Å². The maximum atomic E-state index is 12.2. The van der Waals surface area contributed by atoms with Gasteiger partial charge >= 0.3 is 0 Å². The molecule has 21 heavy (non-hydrogen) atoms. The molecule has 1 amide bonds. The van der Waals surface area contributed by atoms with Crippen molar-refractivity contribution >= 4 is 5.91 Å². The Morgan fingerprint density at radius 1 is 1.38 bits per heavy atom. The average molecular weight is 289 g/mol. The van der Waals surface area contributed by atoms with Gasteiger partial charge in [0.2, 0.25) is 5.91 Å². The van der Waals surface area contributed by atoms with Crippen molar-refractivity contribution in [3.05, 3.63) is 34.9 Å². The van der Waals surface area contributed by atoms with E-state index in [-0.39, 0.29) is 11.9 Å². The first-order valence-electron chi connectivity index (χ1n) is 7.80. The van der Waals surface area contributed by atoms with Crippen molar-refractivity contribution in [1.29, 1.82) is 0 Å². The van der Waals surface area contributed by atoms with Gasteiger partial charge in [0.05, 0.1) is 12.6 Å². The van der Waals surface area contributed by atoms with E-state index in [4.69, 9.17) is 5.73 Å². The molecule has 2 rings (SSSR count). The van der Waals surface area contributed by atoms with Gasteiger partial charge in [-0.25, -0.2) is 0 Å². The number of benzene rings is 1. The van der Waals surface area contributed by atoms with Gasteiger partial charge in [0, 0.05) is 19.1 Å². The van der Waals surface area contributed by atoms with Gasteiger partial charge in [0.1, 0.15) is 0 Å². The summed E-state index contributed by atoms with van der Waals surface area (Å²) < 4.78 is 0. The van der Waals surface area contributed by atoms with Crippen LogP contribution in [0.1, 0.15) is 42.5 Å². The fourth-order valence-corrected chi connectivity index (χ4v) is 2.91. The molecule has 1 atom stereocenters. The average Bonchev–Trinajstić information content (AvgIpc) is 2.44. The van der Waals surface area contributed by atoms with Gasteiger partial charge < -0.3 is 11.1 Å². The Labute approximate surface area is 127 Å². The van der Waals surface area contributed by atoms with Crippen LogP contribution in [-0.4, -0.2) is 36.5 Å². The SMILES string of the molecule is Cc1ccc(C)c(C(C)NC(=O)CN2CCC(N)CC2)c1. The maximum Gasteiger partial charge on any atom is 0.234 e. The van der Waals surface area contributed by atoms with E-state index in [0.717, 1.165) is 25.9 Å². The van der Waals surface area contributed by atoms with E-state index in [1.807, 2.05) is 6.92 Å². The highest BCUT2D eigenvalue weighted by atomic mass is 16.2. The summed E-state index contributed by atoms with van der Waals surface area (Å²) in [6.45, 7) is 8.53. The minimum Gasteiger partial charge on any atom is -0.348 e. The standard InChI is InChI=1S/C17H27N3O/c1-12-4-5-13(2)16(10-12)14(3)19-17(21)11-20-8-6-15(18)7-9-20/h4-5,10,14-15H,6-9,11,18H2,1-3H3,(H,19,21). The summed E-state index contributed by atoms with van der Waals surface area (Å²) in [5, 5.41) is 3.11. The zero-order valence-electron chi connectivity index (χ0n) is 13.4. The molecule has 0 aliphatic carbocycles. The molecule has 1 aromatic rings. The van der Waals surface area contributed by atoms with E-state index in [0.29, 0.717) is 12.6 Å². The molecule has 1 saturated heterocycles. The molecule has 4 heteroatoms. The van der Waals surface area contributed by atoms with Crippen LogP contribution < -0.4 is 11.1 Å². The molecule has 1 aliphatic rings. The van der Waals surface area contributed by atoms with Gasteiger partial charge in [-0.15, -0.1) is 0 Å². The number of rotatable bonds is 4. The summed E-state index contributed by atoms with van der Waals surface area (Å²) in [6, 6.07) is 6.71. The second-order valence-electron chi connectivity index (χ2n) is 6.26. The van der Waals surface area contributed by atoms with Crippen LogP contribution in [0.2, 0.25) is 0 Å². The summed E-state index contributed by atoms with van der Waals surface area (Å²) in [6.07, 6.45) is 1.97. The molecule has 1 fully saturated rings. The Balaban J connectivity index is 1.88. The van der Waals surface area contributed by atoms with Crippen molar-refractivity contribution in [1.82, 2.24) is 10.2 Å². The number of hydrogen-bond acceptors (Lipinski definition) is 3. The normalized spacial score (nSPS) is 18.5. The zero-order chi connectivity index (χ0) is 15.4. The first-order valence-corrected chi connectivity index (χ1v) is 7.80. The molecule has 3 N–H and O–H groups in total. The molecule has 0 aromatic heterocycles. The van der Waals surface area contributed by atoms with Gasteiger partial charge in [-0.2, -0.15) is 0 Å². The molecule has 4 nitrogen and oxygen atoms in total. The lowest BCUT2D eigenvalue weighted by atomic mass is 10.00. The number of carbonyl (C=O) groups is 1. The smallest absolute Gasteiger partial charge is 0.234 e. The summed E-state index contributed by atoms with van der Waals surface area (Å²) in [7, 11) is 0. The predicted octanol–water partition coefficient (Wildman–Crippen LogP) is 1.90. The Hall–Kier alpha value is -1.39. The molecule has 116 valence electrons. The quantitative estimate of drug-likeness (QED) is 0.890. The van der Waals surface area contributed by atoms with E-state index >= 15 is 0 Å². The molecule has 0 spiro atoms. The predicted molar refractivity (Wildman–Crippen MR) is 86.1 cm³/mol. The third-order valence-electron chi connectivity index (χ3n) is 4.28. The highest BCUT2D eigenvalue weighted by molar-refractivity contribution is 5.78. The summed E-state index contributed by atoms with van der Waals surface area (Å²) >= 11 is 0. The highest BCUT2D eigenvalue weighted by Crippen LogP contribution is 2.19. The van der Waals surface area contributed by atoms with E-state index in [2.05, 4.69) is 42.3 Å². The molecular weight excluding hydrogens is 262 g/mol. The zero-order valence-corrected chi connectivity index (χ0v) is 13.4. The van der Waals surface area contributed by atoms with Crippen molar-refractivity contribution in [2.24, 2.45) is 5.73 Å². The lowest BCUT2D eigenvalue weighted by Crippen LogP contribution is -2.44. The molecule has 0 bridgehead atoms. The number of likely N-dealkylation sites (tertiary alicyclic amines) is 1. The number of aryl methyl sites for hydroxylation is 2. The Bertz CT molecular complexity index is 493. The first kappa shape index (κ1) is 16.0. The highest BCUT2D eigenvalue weighted by Gasteiger charge is 2.19. The Morgan fingerprint density at radius 3 is 2.71 bits per heavy atom. The van der Waals surface area contributed by atoms with Crippen molar-refractivity contribution in [2.75, 3.05) is 19.6 Å². The minimum atomic E-state index is 0.0458. The second kappa shape index (κ2) is 7.05.